The molecule has 0 saturated carbocycles. The minimum Gasteiger partial charge on any atom is -0.451 e. The van der Waals surface area contributed by atoms with E-state index in [1.165, 1.54) is 11.3 Å². The zero-order valence-electron chi connectivity index (χ0n) is 14.9. The largest absolute Gasteiger partial charge is 0.451 e. The Bertz CT molecular complexity index is 894. The van der Waals surface area contributed by atoms with Gasteiger partial charge in [0.2, 0.25) is 0 Å². The number of piperazine rings is 1. The lowest BCUT2D eigenvalue weighted by molar-refractivity contribution is 0.0642. The first-order chi connectivity index (χ1) is 13.2. The standard InChI is InChI=1S/C20H21N3O3S/c24-19(17-14-15-4-1-2-5-16(15)26-17)21-7-8-22-9-11-23(12-10-22)20(25)18-6-3-13-27-18/h1-6,13-14H,7-12H2,(H,21,24). The van der Waals surface area contributed by atoms with Gasteiger partial charge < -0.3 is 14.6 Å². The van der Waals surface area contributed by atoms with Gasteiger partial charge in [-0.05, 0) is 23.6 Å². The Morgan fingerprint density at radius 2 is 1.89 bits per heavy atom. The molecule has 4 rings (SSSR count). The molecule has 140 valence electrons. The number of hydrogen-bond donors (Lipinski definition) is 1. The number of benzene rings is 1. The van der Waals surface area contributed by atoms with Gasteiger partial charge in [0.25, 0.3) is 11.8 Å². The average Bonchev–Trinajstić information content (AvgIpc) is 3.37. The van der Waals surface area contributed by atoms with Crippen molar-refractivity contribution in [2.75, 3.05) is 39.3 Å². The summed E-state index contributed by atoms with van der Waals surface area (Å²) in [5, 5.41) is 5.76. The SMILES string of the molecule is O=C(NCCN1CCN(C(=O)c2cccs2)CC1)c1cc2ccccc2o1. The molecule has 0 radical (unpaired) electrons. The van der Waals surface area contributed by atoms with Gasteiger partial charge >= 0.3 is 0 Å². The van der Waals surface area contributed by atoms with Crippen molar-refractivity contribution in [2.45, 2.75) is 0 Å². The first-order valence-corrected chi connectivity index (χ1v) is 9.90. The van der Waals surface area contributed by atoms with Crippen molar-refractivity contribution in [1.82, 2.24) is 15.1 Å². The van der Waals surface area contributed by atoms with E-state index in [1.54, 1.807) is 6.07 Å². The number of nitrogens with one attached hydrogen (secondary N) is 1. The van der Waals surface area contributed by atoms with E-state index in [0.29, 0.717) is 31.0 Å². The highest BCUT2D eigenvalue weighted by Crippen LogP contribution is 2.18. The summed E-state index contributed by atoms with van der Waals surface area (Å²) in [5.74, 6) is 0.253. The number of amides is 2. The van der Waals surface area contributed by atoms with Crippen molar-refractivity contribution in [3.8, 4) is 0 Å². The molecule has 0 bridgehead atoms. The minimum atomic E-state index is -0.197. The van der Waals surface area contributed by atoms with Crippen LogP contribution in [-0.4, -0.2) is 60.9 Å². The Morgan fingerprint density at radius 3 is 2.63 bits per heavy atom. The summed E-state index contributed by atoms with van der Waals surface area (Å²) in [7, 11) is 0. The summed E-state index contributed by atoms with van der Waals surface area (Å²) in [5.41, 5.74) is 0.717. The maximum absolute atomic E-state index is 12.4. The predicted octanol–water partition coefficient (Wildman–Crippen LogP) is 2.68. The van der Waals surface area contributed by atoms with E-state index in [-0.39, 0.29) is 11.8 Å². The molecule has 3 heterocycles. The summed E-state index contributed by atoms with van der Waals surface area (Å²) < 4.78 is 5.58. The van der Waals surface area contributed by atoms with Gasteiger partial charge in [-0.2, -0.15) is 0 Å². The van der Waals surface area contributed by atoms with Crippen LogP contribution in [0.3, 0.4) is 0 Å². The molecule has 1 fully saturated rings. The fourth-order valence-corrected chi connectivity index (χ4v) is 3.93. The molecular weight excluding hydrogens is 362 g/mol. The van der Waals surface area contributed by atoms with E-state index in [4.69, 9.17) is 4.42 Å². The molecule has 1 saturated heterocycles. The number of para-hydroxylation sites is 1. The van der Waals surface area contributed by atoms with Crippen molar-refractivity contribution in [3.05, 3.63) is 58.5 Å². The fourth-order valence-electron chi connectivity index (χ4n) is 3.24. The summed E-state index contributed by atoms with van der Waals surface area (Å²) >= 11 is 1.48. The fraction of sp³-hybridized carbons (Fsp3) is 0.300. The molecule has 0 spiro atoms. The van der Waals surface area contributed by atoms with Crippen molar-refractivity contribution in [2.24, 2.45) is 0 Å². The van der Waals surface area contributed by atoms with Crippen molar-refractivity contribution >= 4 is 34.1 Å². The second-order valence-electron chi connectivity index (χ2n) is 6.52. The maximum atomic E-state index is 12.4. The van der Waals surface area contributed by atoms with Crippen molar-refractivity contribution < 1.29 is 14.0 Å². The maximum Gasteiger partial charge on any atom is 0.287 e. The number of nitrogens with zero attached hydrogens (tertiary/aromatic N) is 2. The Kier molecular flexibility index (Phi) is 5.22. The third-order valence-corrected chi connectivity index (χ3v) is 5.61. The van der Waals surface area contributed by atoms with Gasteiger partial charge in [0.15, 0.2) is 5.76 Å². The quantitative estimate of drug-likeness (QED) is 0.736. The molecular formula is C20H21N3O3S. The lowest BCUT2D eigenvalue weighted by atomic mass is 10.2. The second kappa shape index (κ2) is 7.94. The van der Waals surface area contributed by atoms with Crippen LogP contribution in [0, 0.1) is 0 Å². The highest BCUT2D eigenvalue weighted by molar-refractivity contribution is 7.12. The van der Waals surface area contributed by atoms with E-state index >= 15 is 0 Å². The summed E-state index contributed by atoms with van der Waals surface area (Å²) in [4.78, 5) is 29.6. The van der Waals surface area contributed by atoms with Crippen LogP contribution in [0.5, 0.6) is 0 Å². The Balaban J connectivity index is 1.22. The molecule has 0 aliphatic carbocycles. The second-order valence-corrected chi connectivity index (χ2v) is 7.46. The Morgan fingerprint density at radius 1 is 1.07 bits per heavy atom. The minimum absolute atomic E-state index is 0.114. The van der Waals surface area contributed by atoms with E-state index < -0.39 is 0 Å². The van der Waals surface area contributed by atoms with Gasteiger partial charge in [-0.3, -0.25) is 14.5 Å². The van der Waals surface area contributed by atoms with E-state index in [9.17, 15) is 9.59 Å². The number of rotatable bonds is 5. The number of thiophene rings is 1. The zero-order valence-corrected chi connectivity index (χ0v) is 15.7. The van der Waals surface area contributed by atoms with E-state index in [1.807, 2.05) is 46.7 Å². The lowest BCUT2D eigenvalue weighted by Crippen LogP contribution is -2.50. The number of furan rings is 1. The van der Waals surface area contributed by atoms with Crippen LogP contribution in [0.1, 0.15) is 20.2 Å². The van der Waals surface area contributed by atoms with Gasteiger partial charge in [-0.25, -0.2) is 0 Å². The van der Waals surface area contributed by atoms with Crippen LogP contribution < -0.4 is 5.32 Å². The van der Waals surface area contributed by atoms with Crippen molar-refractivity contribution in [3.63, 3.8) is 0 Å². The van der Waals surface area contributed by atoms with Crippen LogP contribution in [0.4, 0.5) is 0 Å². The van der Waals surface area contributed by atoms with Gasteiger partial charge in [0.05, 0.1) is 4.88 Å². The van der Waals surface area contributed by atoms with Crippen LogP contribution in [0.15, 0.2) is 52.3 Å². The summed E-state index contributed by atoms with van der Waals surface area (Å²) in [6.45, 7) is 4.37. The number of carbonyl (C=O) groups excluding carboxylic acids is 2. The molecule has 7 heteroatoms. The van der Waals surface area contributed by atoms with Crippen LogP contribution >= 0.6 is 11.3 Å². The Hall–Kier alpha value is -2.64. The topological polar surface area (TPSA) is 65.8 Å². The zero-order chi connectivity index (χ0) is 18.6. The molecule has 0 unspecified atom stereocenters. The van der Waals surface area contributed by atoms with E-state index in [0.717, 1.165) is 29.9 Å². The lowest BCUT2D eigenvalue weighted by Gasteiger charge is -2.34. The third-order valence-electron chi connectivity index (χ3n) is 4.75. The molecule has 2 amide bonds. The third kappa shape index (κ3) is 4.04. The van der Waals surface area contributed by atoms with Gasteiger partial charge in [-0.1, -0.05) is 24.3 Å². The van der Waals surface area contributed by atoms with Gasteiger partial charge in [0.1, 0.15) is 5.58 Å². The number of carbonyl (C=O) groups is 2. The molecule has 27 heavy (non-hydrogen) atoms. The number of fused-ring (bicyclic) bond motifs is 1. The smallest absolute Gasteiger partial charge is 0.287 e. The number of hydrogen-bond acceptors (Lipinski definition) is 5. The molecule has 1 aromatic carbocycles. The van der Waals surface area contributed by atoms with Crippen LogP contribution in [0.2, 0.25) is 0 Å². The molecule has 3 aromatic rings. The van der Waals surface area contributed by atoms with Gasteiger partial charge in [-0.15, -0.1) is 11.3 Å². The normalized spacial score (nSPS) is 15.2. The first kappa shape index (κ1) is 17.8. The monoisotopic (exact) mass is 383 g/mol. The molecule has 0 atom stereocenters. The average molecular weight is 383 g/mol. The van der Waals surface area contributed by atoms with Gasteiger partial charge in [0, 0.05) is 44.7 Å². The Labute approximate surface area is 161 Å². The summed E-state index contributed by atoms with van der Waals surface area (Å²) in [6.07, 6.45) is 0. The molecule has 6 nitrogen and oxygen atoms in total. The molecule has 1 aliphatic heterocycles. The van der Waals surface area contributed by atoms with Crippen LogP contribution in [0.25, 0.3) is 11.0 Å². The summed E-state index contributed by atoms with van der Waals surface area (Å²) in [6, 6.07) is 13.1. The van der Waals surface area contributed by atoms with E-state index in [2.05, 4.69) is 10.2 Å². The highest BCUT2D eigenvalue weighted by Gasteiger charge is 2.22. The predicted molar refractivity (Wildman–Crippen MR) is 105 cm³/mol. The highest BCUT2D eigenvalue weighted by atomic mass is 32.1. The molecule has 1 aliphatic rings. The molecule has 2 aromatic heterocycles. The first-order valence-electron chi connectivity index (χ1n) is 9.02. The van der Waals surface area contributed by atoms with Crippen molar-refractivity contribution in [1.29, 1.82) is 0 Å². The van der Waals surface area contributed by atoms with Crippen LogP contribution in [-0.2, 0) is 0 Å². The molecule has 1 N–H and O–H groups in total.